The summed E-state index contributed by atoms with van der Waals surface area (Å²) in [6.45, 7) is 2.54. The van der Waals surface area contributed by atoms with Crippen LogP contribution in [0, 0.1) is 11.8 Å². The number of methoxy groups -OCH3 is 1. The maximum atomic E-state index is 14.9. The number of amides is 3. The van der Waals surface area contributed by atoms with Crippen LogP contribution in [-0.2, 0) is 19.1 Å². The topological polar surface area (TPSA) is 109 Å². The molecule has 0 aliphatic carbocycles. The van der Waals surface area contributed by atoms with Crippen molar-refractivity contribution in [2.75, 3.05) is 43.2 Å². The van der Waals surface area contributed by atoms with E-state index in [-0.39, 0.29) is 18.4 Å². The van der Waals surface area contributed by atoms with Gasteiger partial charge in [-0.25, -0.2) is 0 Å². The molecule has 2 fully saturated rings. The third kappa shape index (κ3) is 4.99. The van der Waals surface area contributed by atoms with Gasteiger partial charge < -0.3 is 34.0 Å². The first-order valence-electron chi connectivity index (χ1n) is 15.9. The quantitative estimate of drug-likeness (QED) is 0.374. The first kappa shape index (κ1) is 30.7. The molecule has 10 heteroatoms. The van der Waals surface area contributed by atoms with Crippen LogP contribution in [0.25, 0.3) is 0 Å². The van der Waals surface area contributed by atoms with Crippen LogP contribution in [0.3, 0.4) is 0 Å². The Morgan fingerprint density at radius 2 is 1.49 bits per heavy atom. The van der Waals surface area contributed by atoms with Crippen LogP contribution in [-0.4, -0.2) is 78.9 Å². The SMILES string of the molecule is CCOc1ccc(N2CC=C[C@@H]3O[C@]45C=CCN(c6ccc(OC)cc6)C(=O)C4N([C@H](CO)c4ccccc4)C(=O)[C@@H]5[C@@H]3C2=O)cc1. The van der Waals surface area contributed by atoms with E-state index < -0.39 is 48.1 Å². The van der Waals surface area contributed by atoms with Gasteiger partial charge in [-0.2, -0.15) is 0 Å². The fraction of sp³-hybridized carbons (Fsp3) is 0.324. The summed E-state index contributed by atoms with van der Waals surface area (Å²) in [7, 11) is 1.57. The van der Waals surface area contributed by atoms with Gasteiger partial charge in [-0.3, -0.25) is 14.4 Å². The first-order valence-corrected chi connectivity index (χ1v) is 15.9. The minimum absolute atomic E-state index is 0.230. The average molecular weight is 636 g/mol. The second kappa shape index (κ2) is 12.4. The van der Waals surface area contributed by atoms with Crippen molar-refractivity contribution in [2.24, 2.45) is 11.8 Å². The molecule has 3 aromatic rings. The van der Waals surface area contributed by atoms with E-state index in [1.807, 2.05) is 79.7 Å². The Kier molecular flexibility index (Phi) is 8.07. The molecule has 0 bridgehead atoms. The maximum Gasteiger partial charge on any atom is 0.253 e. The van der Waals surface area contributed by atoms with Gasteiger partial charge in [0.2, 0.25) is 11.8 Å². The van der Waals surface area contributed by atoms with Crippen LogP contribution in [0.5, 0.6) is 11.5 Å². The number of carbonyl (C=O) groups excluding carboxylic acids is 3. The van der Waals surface area contributed by atoms with Gasteiger partial charge in [0.15, 0.2) is 0 Å². The smallest absolute Gasteiger partial charge is 0.253 e. The zero-order valence-corrected chi connectivity index (χ0v) is 26.3. The molecule has 6 atom stereocenters. The van der Waals surface area contributed by atoms with E-state index in [9.17, 15) is 19.5 Å². The van der Waals surface area contributed by atoms with Gasteiger partial charge in [0.25, 0.3) is 5.91 Å². The van der Waals surface area contributed by atoms with Gasteiger partial charge in [-0.15, -0.1) is 0 Å². The minimum Gasteiger partial charge on any atom is -0.497 e. The van der Waals surface area contributed by atoms with Crippen molar-refractivity contribution in [3.63, 3.8) is 0 Å². The largest absolute Gasteiger partial charge is 0.497 e. The number of anilines is 2. The molecule has 0 radical (unpaired) electrons. The van der Waals surface area contributed by atoms with Gasteiger partial charge in [-0.05, 0) is 61.0 Å². The minimum atomic E-state index is -1.45. The van der Waals surface area contributed by atoms with Crippen molar-refractivity contribution in [2.45, 2.75) is 30.7 Å². The predicted octanol–water partition coefficient (Wildman–Crippen LogP) is 3.91. The summed E-state index contributed by atoms with van der Waals surface area (Å²) in [5.74, 6) is -1.60. The molecule has 10 nitrogen and oxygen atoms in total. The van der Waals surface area contributed by atoms with Crippen LogP contribution in [0.2, 0.25) is 0 Å². The highest BCUT2D eigenvalue weighted by Crippen LogP contribution is 2.55. The summed E-state index contributed by atoms with van der Waals surface area (Å²) < 4.78 is 17.7. The molecule has 1 spiro atoms. The average Bonchev–Trinajstić information content (AvgIpc) is 3.41. The number of aliphatic hydroxyl groups is 1. The van der Waals surface area contributed by atoms with Crippen LogP contribution >= 0.6 is 0 Å². The van der Waals surface area contributed by atoms with Gasteiger partial charge in [0.05, 0.1) is 44.3 Å². The van der Waals surface area contributed by atoms with E-state index in [4.69, 9.17) is 14.2 Å². The van der Waals surface area contributed by atoms with Crippen LogP contribution in [0.15, 0.2) is 103 Å². The molecule has 4 aliphatic rings. The van der Waals surface area contributed by atoms with Crippen molar-refractivity contribution in [3.8, 4) is 11.5 Å². The van der Waals surface area contributed by atoms with E-state index in [2.05, 4.69) is 0 Å². The Balaban J connectivity index is 1.33. The van der Waals surface area contributed by atoms with Crippen molar-refractivity contribution < 1.29 is 33.7 Å². The van der Waals surface area contributed by atoms with E-state index in [0.717, 1.165) is 0 Å². The number of carbonyl (C=O) groups is 3. The zero-order valence-electron chi connectivity index (χ0n) is 26.3. The molecule has 242 valence electrons. The lowest BCUT2D eigenvalue weighted by Gasteiger charge is -2.38. The molecule has 7 rings (SSSR count). The molecule has 3 aromatic carbocycles. The second-order valence-corrected chi connectivity index (χ2v) is 12.0. The van der Waals surface area contributed by atoms with E-state index in [1.54, 1.807) is 47.3 Å². The number of aliphatic hydroxyl groups excluding tert-OH is 1. The molecule has 4 heterocycles. The van der Waals surface area contributed by atoms with Crippen LogP contribution in [0.4, 0.5) is 11.4 Å². The van der Waals surface area contributed by atoms with Gasteiger partial charge in [0.1, 0.15) is 23.1 Å². The number of ether oxygens (including phenoxy) is 3. The molecule has 3 amide bonds. The third-order valence-corrected chi connectivity index (χ3v) is 9.63. The molecular weight excluding hydrogens is 598 g/mol. The maximum absolute atomic E-state index is 14.9. The second-order valence-electron chi connectivity index (χ2n) is 12.0. The summed E-state index contributed by atoms with van der Waals surface area (Å²) in [6, 6.07) is 21.6. The highest BCUT2D eigenvalue weighted by Gasteiger charge is 2.72. The lowest BCUT2D eigenvalue weighted by atomic mass is 9.77. The number of hydrogen-bond acceptors (Lipinski definition) is 7. The summed E-state index contributed by atoms with van der Waals surface area (Å²) in [6.07, 6.45) is 6.62. The molecule has 1 unspecified atom stereocenters. The molecule has 1 N–H and O–H groups in total. The number of likely N-dealkylation sites (tertiary alicyclic amines) is 1. The molecule has 2 saturated heterocycles. The Bertz CT molecular complexity index is 1710. The first-order chi connectivity index (χ1) is 22.9. The van der Waals surface area contributed by atoms with Crippen molar-refractivity contribution in [1.29, 1.82) is 0 Å². The lowest BCUT2D eigenvalue weighted by Crippen LogP contribution is -2.56. The monoisotopic (exact) mass is 635 g/mol. The Labute approximate surface area is 273 Å². The third-order valence-electron chi connectivity index (χ3n) is 9.63. The highest BCUT2D eigenvalue weighted by molar-refractivity contribution is 6.07. The summed E-state index contributed by atoms with van der Waals surface area (Å²) in [4.78, 5) is 49.0. The van der Waals surface area contributed by atoms with Crippen LogP contribution in [0.1, 0.15) is 18.5 Å². The molecule has 4 aliphatic heterocycles. The molecule has 0 aromatic heterocycles. The number of nitrogens with zero attached hydrogens (tertiary/aromatic N) is 3. The number of benzene rings is 3. The molecular formula is C37H37N3O7. The summed E-state index contributed by atoms with van der Waals surface area (Å²) >= 11 is 0. The Hall–Kier alpha value is -4.93. The molecule has 47 heavy (non-hydrogen) atoms. The zero-order chi connectivity index (χ0) is 32.7. The van der Waals surface area contributed by atoms with Crippen molar-refractivity contribution in [1.82, 2.24) is 4.90 Å². The van der Waals surface area contributed by atoms with Crippen molar-refractivity contribution >= 4 is 29.1 Å². The van der Waals surface area contributed by atoms with E-state index in [0.29, 0.717) is 41.6 Å². The number of fused-ring (bicyclic) bond motifs is 2. The Morgan fingerprint density at radius 3 is 2.13 bits per heavy atom. The van der Waals surface area contributed by atoms with Gasteiger partial charge in [-0.1, -0.05) is 54.6 Å². The lowest BCUT2D eigenvalue weighted by molar-refractivity contribution is -0.144. The van der Waals surface area contributed by atoms with Crippen LogP contribution < -0.4 is 19.3 Å². The molecule has 0 saturated carbocycles. The van der Waals surface area contributed by atoms with Gasteiger partial charge >= 0.3 is 0 Å². The number of hydrogen-bond donors (Lipinski definition) is 1. The summed E-state index contributed by atoms with van der Waals surface area (Å²) in [5.41, 5.74) is 0.516. The Morgan fingerprint density at radius 1 is 0.851 bits per heavy atom. The summed E-state index contributed by atoms with van der Waals surface area (Å²) in [5, 5.41) is 10.8. The fourth-order valence-corrected chi connectivity index (χ4v) is 7.56. The highest BCUT2D eigenvalue weighted by atomic mass is 16.5. The van der Waals surface area contributed by atoms with E-state index in [1.165, 1.54) is 4.90 Å². The standard InChI is InChI=1S/C37H37N3O7/c1-3-46-28-18-14-25(15-19-28)38-21-7-11-30-31(34(38)42)32-35(43)40(29(23-41)24-9-5-4-6-10-24)33-36(44)39(22-8-20-37(32,33)47-30)26-12-16-27(45-2)17-13-26/h4-20,29-33,41H,3,21-23H2,1-2H3/t29-,30+,31-,32+,33?,37+/m1/s1. The number of rotatable bonds is 8. The van der Waals surface area contributed by atoms with Gasteiger partial charge in [0, 0.05) is 24.5 Å². The normalized spacial score (nSPS) is 27.2. The fourth-order valence-electron chi connectivity index (χ4n) is 7.56. The predicted molar refractivity (Wildman–Crippen MR) is 175 cm³/mol. The van der Waals surface area contributed by atoms with E-state index >= 15 is 0 Å². The van der Waals surface area contributed by atoms with Crippen molar-refractivity contribution in [3.05, 3.63) is 109 Å².